The van der Waals surface area contributed by atoms with Gasteiger partial charge in [0.1, 0.15) is 22.0 Å². The van der Waals surface area contributed by atoms with E-state index in [2.05, 4.69) is 4.72 Å². The fraction of sp³-hybridized carbons (Fsp3) is 0.200. The number of furan rings is 1. The molecule has 178 valence electrons. The number of aliphatic hydroxyl groups excluding tert-OH is 1. The van der Waals surface area contributed by atoms with Crippen molar-refractivity contribution in [3.8, 4) is 16.9 Å². The molecule has 0 saturated heterocycles. The molecule has 0 aliphatic rings. The number of sulfonamides is 1. The summed E-state index contributed by atoms with van der Waals surface area (Å²) in [5.74, 6) is 0.243. The quantitative estimate of drug-likeness (QED) is 0.323. The van der Waals surface area contributed by atoms with Crippen LogP contribution >= 0.6 is 11.6 Å². The molecule has 34 heavy (non-hydrogen) atoms. The molecule has 0 amide bonds. The molecular weight excluding hydrogens is 476 g/mol. The number of ether oxygens (including phenoxy) is 1. The SMILES string of the molecule is CCOc1cccc(-c2cccc(Cl)c2)c1S(=O)(=O)NC(O)c1cc2ccc(N(C)C)cc2o1. The van der Waals surface area contributed by atoms with Crippen molar-refractivity contribution in [3.05, 3.63) is 77.5 Å². The summed E-state index contributed by atoms with van der Waals surface area (Å²) in [7, 11) is -0.439. The van der Waals surface area contributed by atoms with E-state index in [4.69, 9.17) is 20.8 Å². The first-order valence-electron chi connectivity index (χ1n) is 10.6. The molecule has 3 aromatic carbocycles. The van der Waals surface area contributed by atoms with Gasteiger partial charge in [0, 0.05) is 41.8 Å². The van der Waals surface area contributed by atoms with Crippen molar-refractivity contribution in [1.82, 2.24) is 4.72 Å². The number of rotatable bonds is 8. The molecule has 0 saturated carbocycles. The molecule has 0 bridgehead atoms. The first-order valence-corrected chi connectivity index (χ1v) is 12.5. The monoisotopic (exact) mass is 500 g/mol. The Morgan fingerprint density at radius 2 is 1.85 bits per heavy atom. The van der Waals surface area contributed by atoms with E-state index in [1.54, 1.807) is 55.5 Å². The Balaban J connectivity index is 1.74. The maximum Gasteiger partial charge on any atom is 0.247 e. The van der Waals surface area contributed by atoms with Gasteiger partial charge >= 0.3 is 0 Å². The molecule has 2 N–H and O–H groups in total. The van der Waals surface area contributed by atoms with E-state index in [0.29, 0.717) is 21.7 Å². The zero-order chi connectivity index (χ0) is 24.5. The van der Waals surface area contributed by atoms with Crippen LogP contribution in [0.25, 0.3) is 22.1 Å². The van der Waals surface area contributed by atoms with Gasteiger partial charge < -0.3 is 19.2 Å². The van der Waals surface area contributed by atoms with Crippen LogP contribution in [0, 0.1) is 0 Å². The van der Waals surface area contributed by atoms with Crippen molar-refractivity contribution in [2.45, 2.75) is 18.0 Å². The molecule has 1 atom stereocenters. The highest BCUT2D eigenvalue weighted by atomic mass is 35.5. The number of benzene rings is 3. The molecule has 1 heterocycles. The van der Waals surface area contributed by atoms with Gasteiger partial charge in [0.15, 0.2) is 6.23 Å². The van der Waals surface area contributed by atoms with Crippen LogP contribution < -0.4 is 14.4 Å². The molecule has 4 aromatic rings. The van der Waals surface area contributed by atoms with Crippen molar-refractivity contribution in [3.63, 3.8) is 0 Å². The Labute approximate surface area is 203 Å². The molecule has 1 aromatic heterocycles. The number of anilines is 1. The molecule has 0 radical (unpaired) electrons. The van der Waals surface area contributed by atoms with Crippen LogP contribution in [0.15, 0.2) is 76.0 Å². The molecule has 0 aliphatic carbocycles. The minimum absolute atomic E-state index is 0.0766. The number of hydrogen-bond acceptors (Lipinski definition) is 6. The van der Waals surface area contributed by atoms with Gasteiger partial charge in [-0.3, -0.25) is 0 Å². The molecule has 7 nitrogen and oxygen atoms in total. The fourth-order valence-electron chi connectivity index (χ4n) is 3.66. The molecule has 9 heteroatoms. The number of aliphatic hydroxyl groups is 1. The Kier molecular flexibility index (Phi) is 6.86. The van der Waals surface area contributed by atoms with Gasteiger partial charge in [0.25, 0.3) is 0 Å². The van der Waals surface area contributed by atoms with Crippen molar-refractivity contribution in [2.24, 2.45) is 0 Å². The molecular formula is C25H25ClN2O5S. The van der Waals surface area contributed by atoms with Crippen molar-refractivity contribution in [1.29, 1.82) is 0 Å². The zero-order valence-corrected chi connectivity index (χ0v) is 20.5. The van der Waals surface area contributed by atoms with Crippen molar-refractivity contribution < 1.29 is 22.7 Å². The van der Waals surface area contributed by atoms with Crippen LogP contribution in [-0.2, 0) is 10.0 Å². The Morgan fingerprint density at radius 1 is 1.09 bits per heavy atom. The lowest BCUT2D eigenvalue weighted by Crippen LogP contribution is -2.29. The van der Waals surface area contributed by atoms with E-state index in [1.807, 2.05) is 37.2 Å². The zero-order valence-electron chi connectivity index (χ0n) is 18.9. The van der Waals surface area contributed by atoms with Gasteiger partial charge in [-0.2, -0.15) is 4.72 Å². The standard InChI is InChI=1S/C25H25ClN2O5S/c1-4-32-21-10-6-9-20(16-7-5-8-18(26)13-16)24(21)34(30,31)27-25(29)23-14-17-11-12-19(28(2)3)15-22(17)33-23/h5-15,25,27,29H,4H2,1-3H3. The Bertz CT molecular complexity index is 1430. The number of hydrogen-bond donors (Lipinski definition) is 2. The van der Waals surface area contributed by atoms with Crippen molar-refractivity contribution >= 4 is 38.3 Å². The van der Waals surface area contributed by atoms with Crippen LogP contribution in [0.5, 0.6) is 5.75 Å². The average Bonchev–Trinajstić information content (AvgIpc) is 3.22. The molecule has 0 aliphatic heterocycles. The summed E-state index contributed by atoms with van der Waals surface area (Å²) in [4.78, 5) is 1.83. The maximum atomic E-state index is 13.5. The molecule has 0 fully saturated rings. The second-order valence-corrected chi connectivity index (χ2v) is 9.95. The largest absolute Gasteiger partial charge is 0.492 e. The summed E-state index contributed by atoms with van der Waals surface area (Å²) in [6.45, 7) is 2.03. The normalized spacial score (nSPS) is 12.6. The number of nitrogens with zero attached hydrogens (tertiary/aromatic N) is 1. The minimum atomic E-state index is -4.25. The first-order chi connectivity index (χ1) is 16.2. The summed E-state index contributed by atoms with van der Waals surface area (Å²) in [5.41, 5.74) is 2.45. The van der Waals surface area contributed by atoms with Gasteiger partial charge in [-0.25, -0.2) is 8.42 Å². The lowest BCUT2D eigenvalue weighted by atomic mass is 10.1. The highest BCUT2D eigenvalue weighted by Crippen LogP contribution is 2.36. The Hall–Kier alpha value is -3.04. The summed E-state index contributed by atoms with van der Waals surface area (Å²) < 4.78 is 40.7. The van der Waals surface area contributed by atoms with E-state index < -0.39 is 16.3 Å². The predicted molar refractivity (Wildman–Crippen MR) is 134 cm³/mol. The lowest BCUT2D eigenvalue weighted by molar-refractivity contribution is 0.141. The third-order valence-corrected chi connectivity index (χ3v) is 6.99. The maximum absolute atomic E-state index is 13.5. The Morgan fingerprint density at radius 3 is 2.56 bits per heavy atom. The third kappa shape index (κ3) is 4.90. The van der Waals surface area contributed by atoms with Crippen LogP contribution in [0.2, 0.25) is 5.02 Å². The number of fused-ring (bicyclic) bond motifs is 1. The van der Waals surface area contributed by atoms with Crippen LogP contribution in [0.3, 0.4) is 0 Å². The van der Waals surface area contributed by atoms with Crippen LogP contribution in [0.1, 0.15) is 18.9 Å². The minimum Gasteiger partial charge on any atom is -0.492 e. The van der Waals surface area contributed by atoms with E-state index in [9.17, 15) is 13.5 Å². The van der Waals surface area contributed by atoms with E-state index in [0.717, 1.165) is 11.1 Å². The summed E-state index contributed by atoms with van der Waals surface area (Å²) >= 11 is 6.14. The van der Waals surface area contributed by atoms with Gasteiger partial charge in [-0.05, 0) is 48.9 Å². The van der Waals surface area contributed by atoms with Crippen molar-refractivity contribution in [2.75, 3.05) is 25.6 Å². The van der Waals surface area contributed by atoms with Gasteiger partial charge in [0.2, 0.25) is 10.0 Å². The first kappa shape index (κ1) is 24.1. The highest BCUT2D eigenvalue weighted by Gasteiger charge is 2.29. The second-order valence-electron chi connectivity index (χ2n) is 7.87. The topological polar surface area (TPSA) is 92.0 Å². The highest BCUT2D eigenvalue weighted by molar-refractivity contribution is 7.89. The second kappa shape index (κ2) is 9.68. The molecule has 1 unspecified atom stereocenters. The van der Waals surface area contributed by atoms with Crippen LogP contribution in [0.4, 0.5) is 5.69 Å². The van der Waals surface area contributed by atoms with Crippen LogP contribution in [-0.4, -0.2) is 34.2 Å². The van der Waals surface area contributed by atoms with Gasteiger partial charge in [-0.1, -0.05) is 35.9 Å². The molecule has 4 rings (SSSR count). The number of nitrogens with one attached hydrogen (secondary N) is 1. The summed E-state index contributed by atoms with van der Waals surface area (Å²) in [5, 5.41) is 12.0. The van der Waals surface area contributed by atoms with E-state index >= 15 is 0 Å². The number of halogens is 1. The van der Waals surface area contributed by atoms with Gasteiger partial charge in [-0.15, -0.1) is 0 Å². The fourth-order valence-corrected chi connectivity index (χ4v) is 5.25. The third-order valence-electron chi connectivity index (χ3n) is 5.26. The predicted octanol–water partition coefficient (Wildman–Crippen LogP) is 5.19. The lowest BCUT2D eigenvalue weighted by Gasteiger charge is -2.18. The average molecular weight is 501 g/mol. The van der Waals surface area contributed by atoms with E-state index in [1.165, 1.54) is 0 Å². The summed E-state index contributed by atoms with van der Waals surface area (Å²) in [6, 6.07) is 19.0. The smallest absolute Gasteiger partial charge is 0.247 e. The summed E-state index contributed by atoms with van der Waals surface area (Å²) in [6.07, 6.45) is -1.61. The van der Waals surface area contributed by atoms with E-state index in [-0.39, 0.29) is 23.0 Å². The van der Waals surface area contributed by atoms with Gasteiger partial charge in [0.05, 0.1) is 6.61 Å². The molecule has 0 spiro atoms.